The van der Waals surface area contributed by atoms with Crippen molar-refractivity contribution in [3.63, 3.8) is 0 Å². The molecule has 0 radical (unpaired) electrons. The van der Waals surface area contributed by atoms with E-state index in [0.717, 1.165) is 5.69 Å². The molecule has 0 aliphatic rings. The average Bonchev–Trinajstić information content (AvgIpc) is 3.15. The lowest BCUT2D eigenvalue weighted by Gasteiger charge is -2.09. The summed E-state index contributed by atoms with van der Waals surface area (Å²) in [7, 11) is 0. The van der Waals surface area contributed by atoms with Gasteiger partial charge in [0, 0.05) is 35.6 Å². The number of amides is 1. The minimum absolute atomic E-state index is 0.0490. The fourth-order valence-electron chi connectivity index (χ4n) is 2.40. The number of benzene rings is 2. The average molecular weight is 354 g/mol. The molecular weight excluding hydrogens is 338 g/mol. The lowest BCUT2D eigenvalue weighted by molar-refractivity contribution is 0.0984. The fourth-order valence-corrected chi connectivity index (χ4v) is 2.66. The van der Waals surface area contributed by atoms with E-state index in [4.69, 9.17) is 11.6 Å². The van der Waals surface area contributed by atoms with E-state index in [-0.39, 0.29) is 11.7 Å². The molecule has 3 aromatic rings. The number of ketones is 1. The highest BCUT2D eigenvalue weighted by Crippen LogP contribution is 2.24. The van der Waals surface area contributed by atoms with Gasteiger partial charge in [0.1, 0.15) is 0 Å². The monoisotopic (exact) mass is 353 g/mol. The van der Waals surface area contributed by atoms with Gasteiger partial charge in [0.25, 0.3) is 5.91 Å². The Hall–Kier alpha value is -2.92. The van der Waals surface area contributed by atoms with E-state index in [9.17, 15) is 9.59 Å². The summed E-state index contributed by atoms with van der Waals surface area (Å²) in [5, 5.41) is 7.41. The zero-order valence-electron chi connectivity index (χ0n) is 13.6. The van der Waals surface area contributed by atoms with E-state index in [1.54, 1.807) is 72.5 Å². The van der Waals surface area contributed by atoms with Crippen LogP contribution in [0.25, 0.3) is 5.69 Å². The van der Waals surface area contributed by atoms with Crippen molar-refractivity contribution in [2.45, 2.75) is 13.3 Å². The van der Waals surface area contributed by atoms with Crippen LogP contribution in [0.1, 0.15) is 34.1 Å². The largest absolute Gasteiger partial charge is 0.322 e. The zero-order valence-corrected chi connectivity index (χ0v) is 14.3. The number of hydrogen-bond donors (Lipinski definition) is 1. The first-order valence-corrected chi connectivity index (χ1v) is 8.20. The molecule has 1 aromatic heterocycles. The van der Waals surface area contributed by atoms with E-state index < -0.39 is 0 Å². The van der Waals surface area contributed by atoms with Gasteiger partial charge >= 0.3 is 0 Å². The first-order chi connectivity index (χ1) is 12.1. The Balaban J connectivity index is 1.75. The topological polar surface area (TPSA) is 64.0 Å². The molecule has 0 unspecified atom stereocenters. The summed E-state index contributed by atoms with van der Waals surface area (Å²) >= 11 is 6.27. The van der Waals surface area contributed by atoms with Crippen LogP contribution in [0.3, 0.4) is 0 Å². The summed E-state index contributed by atoms with van der Waals surface area (Å²) < 4.78 is 1.65. The Bertz CT molecular complexity index is 903. The number of nitrogens with zero attached hydrogens (tertiary/aromatic N) is 2. The van der Waals surface area contributed by atoms with Crippen molar-refractivity contribution < 1.29 is 9.59 Å². The van der Waals surface area contributed by atoms with Crippen molar-refractivity contribution >= 4 is 29.0 Å². The summed E-state index contributed by atoms with van der Waals surface area (Å²) in [5.41, 5.74) is 2.39. The molecule has 0 aliphatic carbocycles. The van der Waals surface area contributed by atoms with Gasteiger partial charge in [0.15, 0.2) is 5.78 Å². The molecule has 0 aliphatic heterocycles. The van der Waals surface area contributed by atoms with Crippen molar-refractivity contribution in [1.82, 2.24) is 9.78 Å². The number of carbonyl (C=O) groups is 2. The van der Waals surface area contributed by atoms with Crippen molar-refractivity contribution in [2.24, 2.45) is 0 Å². The van der Waals surface area contributed by atoms with Crippen LogP contribution in [0.4, 0.5) is 5.69 Å². The molecule has 0 spiro atoms. The SMILES string of the molecule is CCC(=O)c1ccc(C(=O)Nc2ccc(-n3cccn3)c(Cl)c2)cc1. The Labute approximate surface area is 150 Å². The molecule has 0 saturated heterocycles. The van der Waals surface area contributed by atoms with Gasteiger partial charge in [-0.25, -0.2) is 4.68 Å². The van der Waals surface area contributed by atoms with Gasteiger partial charge < -0.3 is 5.32 Å². The predicted molar refractivity (Wildman–Crippen MR) is 97.6 cm³/mol. The summed E-state index contributed by atoms with van der Waals surface area (Å²) in [5.74, 6) is -0.216. The third-order valence-corrected chi connectivity index (χ3v) is 4.05. The van der Waals surface area contributed by atoms with Crippen molar-refractivity contribution in [3.05, 3.63) is 77.1 Å². The number of anilines is 1. The van der Waals surface area contributed by atoms with Crippen molar-refractivity contribution in [3.8, 4) is 5.69 Å². The second kappa shape index (κ2) is 7.32. The Morgan fingerprint density at radius 3 is 2.44 bits per heavy atom. The van der Waals surface area contributed by atoms with Gasteiger partial charge in [-0.1, -0.05) is 30.7 Å². The van der Waals surface area contributed by atoms with E-state index >= 15 is 0 Å². The molecule has 2 aromatic carbocycles. The fraction of sp³-hybridized carbons (Fsp3) is 0.105. The number of halogens is 1. The van der Waals surface area contributed by atoms with Gasteiger partial charge in [-0.2, -0.15) is 5.10 Å². The van der Waals surface area contributed by atoms with Crippen molar-refractivity contribution in [1.29, 1.82) is 0 Å². The molecule has 3 rings (SSSR count). The van der Waals surface area contributed by atoms with E-state index in [1.165, 1.54) is 0 Å². The number of hydrogen-bond acceptors (Lipinski definition) is 3. The molecular formula is C19H16ClN3O2. The van der Waals surface area contributed by atoms with Crippen LogP contribution in [0.15, 0.2) is 60.9 Å². The van der Waals surface area contributed by atoms with Gasteiger partial charge in [0.05, 0.1) is 10.7 Å². The minimum atomic E-state index is -0.265. The summed E-state index contributed by atoms with van der Waals surface area (Å²) in [6, 6.07) is 13.6. The van der Waals surface area contributed by atoms with E-state index in [2.05, 4.69) is 10.4 Å². The highest BCUT2D eigenvalue weighted by atomic mass is 35.5. The van der Waals surface area contributed by atoms with Crippen LogP contribution in [-0.2, 0) is 0 Å². The quantitative estimate of drug-likeness (QED) is 0.693. The Morgan fingerprint density at radius 1 is 1.12 bits per heavy atom. The highest BCUT2D eigenvalue weighted by Gasteiger charge is 2.10. The lowest BCUT2D eigenvalue weighted by atomic mass is 10.1. The van der Waals surface area contributed by atoms with Crippen LogP contribution in [0.2, 0.25) is 5.02 Å². The third kappa shape index (κ3) is 3.78. The maximum atomic E-state index is 12.3. The van der Waals surface area contributed by atoms with Gasteiger partial charge in [-0.15, -0.1) is 0 Å². The zero-order chi connectivity index (χ0) is 17.8. The van der Waals surface area contributed by atoms with E-state index in [1.807, 2.05) is 0 Å². The molecule has 0 bridgehead atoms. The highest BCUT2D eigenvalue weighted by molar-refractivity contribution is 6.32. The maximum Gasteiger partial charge on any atom is 0.255 e. The maximum absolute atomic E-state index is 12.3. The Morgan fingerprint density at radius 2 is 1.84 bits per heavy atom. The van der Waals surface area contributed by atoms with Gasteiger partial charge in [-0.05, 0) is 36.4 Å². The smallest absolute Gasteiger partial charge is 0.255 e. The molecule has 1 heterocycles. The van der Waals surface area contributed by atoms with Crippen LogP contribution < -0.4 is 5.32 Å². The van der Waals surface area contributed by atoms with Gasteiger partial charge in [0.2, 0.25) is 0 Å². The van der Waals surface area contributed by atoms with Gasteiger partial charge in [-0.3, -0.25) is 9.59 Å². The second-order valence-corrected chi connectivity index (χ2v) is 5.83. The first-order valence-electron chi connectivity index (χ1n) is 7.82. The van der Waals surface area contributed by atoms with Crippen LogP contribution in [0.5, 0.6) is 0 Å². The third-order valence-electron chi connectivity index (χ3n) is 3.75. The van der Waals surface area contributed by atoms with Crippen LogP contribution in [-0.4, -0.2) is 21.5 Å². The summed E-state index contributed by atoms with van der Waals surface area (Å²) in [6.07, 6.45) is 3.89. The van der Waals surface area contributed by atoms with E-state index in [0.29, 0.717) is 28.3 Å². The number of nitrogens with one attached hydrogen (secondary N) is 1. The Kier molecular flexibility index (Phi) is 4.95. The standard InChI is InChI=1S/C19H16ClN3O2/c1-2-18(24)13-4-6-14(7-5-13)19(25)22-15-8-9-17(16(20)12-15)23-11-3-10-21-23/h3-12H,2H2,1H3,(H,22,25). The normalized spacial score (nSPS) is 10.5. The van der Waals surface area contributed by atoms with Crippen LogP contribution >= 0.6 is 11.6 Å². The van der Waals surface area contributed by atoms with Crippen molar-refractivity contribution in [2.75, 3.05) is 5.32 Å². The molecule has 0 saturated carbocycles. The predicted octanol–water partition coefficient (Wildman–Crippen LogP) is 4.37. The minimum Gasteiger partial charge on any atom is -0.322 e. The summed E-state index contributed by atoms with van der Waals surface area (Å²) in [4.78, 5) is 24.0. The first kappa shape index (κ1) is 16.9. The number of carbonyl (C=O) groups excluding carboxylic acids is 2. The second-order valence-electron chi connectivity index (χ2n) is 5.43. The molecule has 25 heavy (non-hydrogen) atoms. The molecule has 5 nitrogen and oxygen atoms in total. The summed E-state index contributed by atoms with van der Waals surface area (Å²) in [6.45, 7) is 1.81. The molecule has 0 atom stereocenters. The number of Topliss-reactive ketones (excluding diaryl/α,β-unsaturated/α-hetero) is 1. The molecule has 6 heteroatoms. The number of rotatable bonds is 5. The molecule has 1 amide bonds. The number of aromatic nitrogens is 2. The molecule has 0 fully saturated rings. The molecule has 126 valence electrons. The lowest BCUT2D eigenvalue weighted by Crippen LogP contribution is -2.12. The van der Waals surface area contributed by atoms with Crippen LogP contribution in [0, 0.1) is 0 Å². The molecule has 1 N–H and O–H groups in total.